The van der Waals surface area contributed by atoms with Crippen LogP contribution in [0.15, 0.2) is 36.5 Å². The molecule has 3 aliphatic rings. The van der Waals surface area contributed by atoms with Gasteiger partial charge in [-0.2, -0.15) is 0 Å². The minimum atomic E-state index is -0.675. The van der Waals surface area contributed by atoms with Gasteiger partial charge in [0.1, 0.15) is 18.1 Å². The SMILES string of the molecule is CC(C)N1c2cc(-c3nc(Nc4ccc(N5CCC(N(C)C)CC5)c(F)c4)ncc3F)cc(F)c2OCC12CCCC2. The maximum atomic E-state index is 15.4. The zero-order valence-corrected chi connectivity index (χ0v) is 24.8. The number of hydrogen-bond acceptors (Lipinski definition) is 7. The van der Waals surface area contributed by atoms with Gasteiger partial charge in [-0.05, 0) is 84.0 Å². The summed E-state index contributed by atoms with van der Waals surface area (Å²) in [6.45, 7) is 6.18. The Labute approximate surface area is 245 Å². The molecule has 224 valence electrons. The molecule has 2 aliphatic heterocycles. The number of nitrogens with zero attached hydrogens (tertiary/aromatic N) is 5. The molecule has 10 heteroatoms. The number of nitrogens with one attached hydrogen (secondary N) is 1. The summed E-state index contributed by atoms with van der Waals surface area (Å²) in [4.78, 5) is 15.0. The molecule has 2 fully saturated rings. The molecule has 1 N–H and O–H groups in total. The van der Waals surface area contributed by atoms with Gasteiger partial charge in [0.2, 0.25) is 5.95 Å². The van der Waals surface area contributed by atoms with Gasteiger partial charge in [0.25, 0.3) is 0 Å². The Morgan fingerprint density at radius 3 is 2.38 bits per heavy atom. The Balaban J connectivity index is 1.26. The fraction of sp³-hybridized carbons (Fsp3) is 0.500. The third-order valence-electron chi connectivity index (χ3n) is 9.09. The van der Waals surface area contributed by atoms with Crippen molar-refractivity contribution in [3.63, 3.8) is 0 Å². The molecule has 42 heavy (non-hydrogen) atoms. The molecule has 0 radical (unpaired) electrons. The molecule has 1 aromatic heterocycles. The molecule has 7 nitrogen and oxygen atoms in total. The predicted molar refractivity (Wildman–Crippen MR) is 160 cm³/mol. The van der Waals surface area contributed by atoms with E-state index in [4.69, 9.17) is 4.74 Å². The van der Waals surface area contributed by atoms with E-state index in [0.29, 0.717) is 35.3 Å². The zero-order chi connectivity index (χ0) is 29.6. The Hall–Kier alpha value is -3.53. The average Bonchev–Trinajstić information content (AvgIpc) is 3.42. The number of benzene rings is 2. The van der Waals surface area contributed by atoms with Crippen molar-refractivity contribution in [3.05, 3.63) is 54.0 Å². The van der Waals surface area contributed by atoms with Crippen molar-refractivity contribution in [3.8, 4) is 17.0 Å². The van der Waals surface area contributed by atoms with Crippen LogP contribution in [-0.4, -0.2) is 66.3 Å². The Kier molecular flexibility index (Phi) is 7.68. The summed E-state index contributed by atoms with van der Waals surface area (Å²) in [5.74, 6) is -1.30. The summed E-state index contributed by atoms with van der Waals surface area (Å²) < 4.78 is 51.7. The fourth-order valence-corrected chi connectivity index (χ4v) is 7.04. The minimum Gasteiger partial charge on any atom is -0.486 e. The average molecular weight is 581 g/mol. The van der Waals surface area contributed by atoms with Gasteiger partial charge in [0.15, 0.2) is 17.4 Å². The van der Waals surface area contributed by atoms with E-state index >= 15 is 13.2 Å². The summed E-state index contributed by atoms with van der Waals surface area (Å²) in [6, 6.07) is 8.54. The van der Waals surface area contributed by atoms with Crippen LogP contribution in [0, 0.1) is 17.5 Å². The number of halogens is 3. The van der Waals surface area contributed by atoms with Gasteiger partial charge in [-0.3, -0.25) is 0 Å². The second kappa shape index (κ2) is 11.3. The Morgan fingerprint density at radius 1 is 0.976 bits per heavy atom. The van der Waals surface area contributed by atoms with Crippen molar-refractivity contribution in [2.45, 2.75) is 70.0 Å². The Morgan fingerprint density at radius 2 is 1.71 bits per heavy atom. The highest BCUT2D eigenvalue weighted by Crippen LogP contribution is 2.49. The first-order chi connectivity index (χ1) is 20.1. The van der Waals surface area contributed by atoms with E-state index in [0.717, 1.165) is 57.8 Å². The van der Waals surface area contributed by atoms with Crippen LogP contribution < -0.4 is 19.9 Å². The normalized spacial score (nSPS) is 18.6. The van der Waals surface area contributed by atoms with Crippen LogP contribution in [0.1, 0.15) is 52.4 Å². The van der Waals surface area contributed by atoms with Crippen LogP contribution in [0.3, 0.4) is 0 Å². The second-order valence-corrected chi connectivity index (χ2v) is 12.4. The summed E-state index contributed by atoms with van der Waals surface area (Å²) in [5.41, 5.74) is 1.68. The molecule has 6 rings (SSSR count). The van der Waals surface area contributed by atoms with E-state index in [1.54, 1.807) is 18.2 Å². The van der Waals surface area contributed by atoms with Crippen molar-refractivity contribution in [2.75, 3.05) is 48.9 Å². The van der Waals surface area contributed by atoms with Crippen LogP contribution in [0.2, 0.25) is 0 Å². The van der Waals surface area contributed by atoms with Crippen molar-refractivity contribution in [2.24, 2.45) is 0 Å². The van der Waals surface area contributed by atoms with Gasteiger partial charge >= 0.3 is 0 Å². The standard InChI is InChI=1S/C32H39F3N6O/c1-20(2)41-28-16-21(15-25(34)30(28)42-19-32(41)11-5-6-12-32)29-26(35)18-36-31(38-29)37-22-7-8-27(24(33)17-22)40-13-9-23(10-14-40)39(3)4/h7-8,15-18,20,23H,5-6,9-14,19H2,1-4H3,(H,36,37,38). The number of ether oxygens (including phenoxy) is 1. The van der Waals surface area contributed by atoms with Gasteiger partial charge in [-0.1, -0.05) is 12.8 Å². The molecule has 2 aromatic carbocycles. The van der Waals surface area contributed by atoms with Crippen molar-refractivity contribution in [1.29, 1.82) is 0 Å². The molecule has 1 saturated heterocycles. The molecule has 0 atom stereocenters. The van der Waals surface area contributed by atoms with E-state index in [2.05, 4.69) is 57.9 Å². The lowest BCUT2D eigenvalue weighted by atomic mass is 9.91. The Bertz CT molecular complexity index is 1450. The van der Waals surface area contributed by atoms with Crippen LogP contribution in [0.4, 0.5) is 36.2 Å². The second-order valence-electron chi connectivity index (χ2n) is 12.4. The van der Waals surface area contributed by atoms with Gasteiger partial charge in [0, 0.05) is 36.4 Å². The molecule has 0 amide bonds. The lowest BCUT2D eigenvalue weighted by Gasteiger charge is -2.49. The van der Waals surface area contributed by atoms with Crippen LogP contribution in [-0.2, 0) is 0 Å². The third kappa shape index (κ3) is 5.25. The van der Waals surface area contributed by atoms with Crippen LogP contribution in [0.25, 0.3) is 11.3 Å². The molecule has 1 spiro atoms. The smallest absolute Gasteiger partial charge is 0.227 e. The van der Waals surface area contributed by atoms with Gasteiger partial charge in [-0.25, -0.2) is 23.1 Å². The van der Waals surface area contributed by atoms with Crippen molar-refractivity contribution >= 4 is 23.0 Å². The number of piperidine rings is 1. The monoisotopic (exact) mass is 580 g/mol. The van der Waals surface area contributed by atoms with E-state index in [9.17, 15) is 0 Å². The van der Waals surface area contributed by atoms with Gasteiger partial charge < -0.3 is 24.8 Å². The first-order valence-electron chi connectivity index (χ1n) is 14.9. The minimum absolute atomic E-state index is 0.0372. The summed E-state index contributed by atoms with van der Waals surface area (Å²) >= 11 is 0. The molecule has 0 unspecified atom stereocenters. The highest BCUT2D eigenvalue weighted by molar-refractivity contribution is 5.74. The highest BCUT2D eigenvalue weighted by Gasteiger charge is 2.46. The van der Waals surface area contributed by atoms with E-state index in [1.807, 2.05) is 0 Å². The van der Waals surface area contributed by atoms with Crippen LogP contribution in [0.5, 0.6) is 5.75 Å². The molecular weight excluding hydrogens is 541 g/mol. The lowest BCUT2D eigenvalue weighted by molar-refractivity contribution is 0.175. The van der Waals surface area contributed by atoms with E-state index < -0.39 is 11.6 Å². The van der Waals surface area contributed by atoms with Gasteiger partial charge in [-0.15, -0.1) is 0 Å². The molecule has 1 saturated carbocycles. The predicted octanol–water partition coefficient (Wildman–Crippen LogP) is 6.75. The van der Waals surface area contributed by atoms with Gasteiger partial charge in [0.05, 0.1) is 23.1 Å². The molecular formula is C32H39F3N6O. The number of anilines is 4. The van der Waals surface area contributed by atoms with Crippen molar-refractivity contribution in [1.82, 2.24) is 14.9 Å². The number of aromatic nitrogens is 2. The molecule has 1 aliphatic carbocycles. The molecule has 3 heterocycles. The summed E-state index contributed by atoms with van der Waals surface area (Å²) in [5, 5.41) is 2.99. The highest BCUT2D eigenvalue weighted by atomic mass is 19.1. The maximum absolute atomic E-state index is 15.4. The quantitative estimate of drug-likeness (QED) is 0.346. The molecule has 0 bridgehead atoms. The fourth-order valence-electron chi connectivity index (χ4n) is 7.04. The zero-order valence-electron chi connectivity index (χ0n) is 24.8. The summed E-state index contributed by atoms with van der Waals surface area (Å²) in [7, 11) is 4.15. The maximum Gasteiger partial charge on any atom is 0.227 e. The summed E-state index contributed by atoms with van der Waals surface area (Å²) in [6.07, 6.45) is 7.13. The largest absolute Gasteiger partial charge is 0.486 e. The third-order valence-corrected chi connectivity index (χ3v) is 9.09. The van der Waals surface area contributed by atoms with Crippen molar-refractivity contribution < 1.29 is 17.9 Å². The lowest BCUT2D eigenvalue weighted by Crippen LogP contribution is -2.57. The number of fused-ring (bicyclic) bond motifs is 1. The van der Waals surface area contributed by atoms with Crippen LogP contribution >= 0.6 is 0 Å². The topological polar surface area (TPSA) is 56.8 Å². The van der Waals surface area contributed by atoms with E-state index in [-0.39, 0.29) is 34.8 Å². The first-order valence-corrected chi connectivity index (χ1v) is 14.9. The van der Waals surface area contributed by atoms with E-state index in [1.165, 1.54) is 12.1 Å². The number of rotatable bonds is 6. The first kappa shape index (κ1) is 28.6. The number of hydrogen-bond donors (Lipinski definition) is 1. The molecule has 3 aromatic rings.